The molecule has 156 valence electrons. The van der Waals surface area contributed by atoms with E-state index in [0.29, 0.717) is 15.6 Å². The van der Waals surface area contributed by atoms with Gasteiger partial charge in [0.05, 0.1) is 6.20 Å². The Morgan fingerprint density at radius 2 is 2.03 bits per heavy atom. The molecule has 2 saturated heterocycles. The third-order valence-electron chi connectivity index (χ3n) is 4.52. The molecular formula is C16H15Cl2FN2O7P+. The molecule has 1 aromatic carbocycles. The number of ether oxygens (including phenoxy) is 1. The standard InChI is InChI=1S/C16H14Cl2FN2O7P/c17-9-2-1-3-10(18)8(9)6-25-29(24)26-7-13-12(28-29)4-14(27-13)21-5-11(19)15(22)20-16(21)23/h1-3,5,12-14,24H,4,6-7H2/p+1/t12-,13+,14+,29?/m0/s1. The van der Waals surface area contributed by atoms with Gasteiger partial charge in [0.2, 0.25) is 5.82 Å². The Bertz CT molecular complexity index is 1030. The quantitative estimate of drug-likeness (QED) is 0.664. The molecule has 9 nitrogen and oxygen atoms in total. The minimum Gasteiger partial charge on any atom is -0.349 e. The molecule has 2 aliphatic heterocycles. The van der Waals surface area contributed by atoms with Crippen molar-refractivity contribution in [3.8, 4) is 0 Å². The second-order valence-electron chi connectivity index (χ2n) is 6.39. The van der Waals surface area contributed by atoms with Gasteiger partial charge in [-0.15, -0.1) is 9.05 Å². The van der Waals surface area contributed by atoms with Crippen LogP contribution < -0.4 is 11.2 Å². The van der Waals surface area contributed by atoms with Crippen LogP contribution in [0.1, 0.15) is 18.2 Å². The van der Waals surface area contributed by atoms with Gasteiger partial charge in [0.1, 0.15) is 31.6 Å². The summed E-state index contributed by atoms with van der Waals surface area (Å²) < 4.78 is 36.5. The van der Waals surface area contributed by atoms with Gasteiger partial charge in [0, 0.05) is 22.0 Å². The minimum absolute atomic E-state index is 0.0672. The van der Waals surface area contributed by atoms with Gasteiger partial charge < -0.3 is 4.74 Å². The minimum atomic E-state index is -3.70. The van der Waals surface area contributed by atoms with Crippen molar-refractivity contribution in [2.24, 2.45) is 0 Å². The number of nitrogens with one attached hydrogen (secondary N) is 1. The van der Waals surface area contributed by atoms with Crippen LogP contribution in [0.5, 0.6) is 0 Å². The molecule has 4 rings (SSSR count). The smallest absolute Gasteiger partial charge is 0.349 e. The van der Waals surface area contributed by atoms with Crippen molar-refractivity contribution in [1.29, 1.82) is 0 Å². The highest BCUT2D eigenvalue weighted by Crippen LogP contribution is 2.64. The number of hydrogen-bond donors (Lipinski definition) is 2. The highest BCUT2D eigenvalue weighted by Gasteiger charge is 2.58. The second kappa shape index (κ2) is 8.05. The fourth-order valence-corrected chi connectivity index (χ4v) is 4.95. The normalized spacial score (nSPS) is 29.0. The van der Waals surface area contributed by atoms with Gasteiger partial charge in [-0.2, -0.15) is 13.8 Å². The molecular weight excluding hydrogens is 453 g/mol. The Morgan fingerprint density at radius 3 is 2.76 bits per heavy atom. The number of fused-ring (bicyclic) bond motifs is 1. The third-order valence-corrected chi connectivity index (χ3v) is 6.70. The molecule has 13 heteroatoms. The molecule has 0 amide bonds. The highest BCUT2D eigenvalue weighted by atomic mass is 35.5. The van der Waals surface area contributed by atoms with Crippen LogP contribution >= 0.6 is 31.4 Å². The molecule has 0 spiro atoms. The SMILES string of the molecule is O=c1[nH]c(=O)n([C@H]2C[C@@H]3O[P+](O)(OCc4c(Cl)cccc4Cl)OC[C@H]3O2)cc1F. The van der Waals surface area contributed by atoms with E-state index in [1.54, 1.807) is 18.2 Å². The maximum atomic E-state index is 13.5. The molecule has 0 aliphatic carbocycles. The van der Waals surface area contributed by atoms with Gasteiger partial charge in [0.15, 0.2) is 0 Å². The van der Waals surface area contributed by atoms with Crippen molar-refractivity contribution >= 4 is 31.4 Å². The molecule has 29 heavy (non-hydrogen) atoms. The lowest BCUT2D eigenvalue weighted by atomic mass is 10.2. The average Bonchev–Trinajstić information content (AvgIpc) is 3.06. The fourth-order valence-electron chi connectivity index (χ4n) is 3.06. The first-order valence-electron chi connectivity index (χ1n) is 8.44. The molecule has 2 aliphatic rings. The summed E-state index contributed by atoms with van der Waals surface area (Å²) in [6, 6.07) is 4.93. The van der Waals surface area contributed by atoms with E-state index in [1.807, 2.05) is 4.98 Å². The molecule has 1 aromatic heterocycles. The summed E-state index contributed by atoms with van der Waals surface area (Å²) in [6.45, 7) is -0.211. The van der Waals surface area contributed by atoms with Gasteiger partial charge in [-0.25, -0.2) is 4.79 Å². The van der Waals surface area contributed by atoms with Crippen molar-refractivity contribution in [2.75, 3.05) is 6.61 Å². The molecule has 2 fully saturated rings. The molecule has 2 aromatic rings. The summed E-state index contributed by atoms with van der Waals surface area (Å²) in [5.74, 6) is -1.12. The Kier molecular flexibility index (Phi) is 5.80. The van der Waals surface area contributed by atoms with E-state index in [0.717, 1.165) is 10.8 Å². The number of hydrogen-bond acceptors (Lipinski definition) is 7. The van der Waals surface area contributed by atoms with E-state index in [-0.39, 0.29) is 19.6 Å². The van der Waals surface area contributed by atoms with Crippen LogP contribution in [0, 0.1) is 5.82 Å². The van der Waals surface area contributed by atoms with Gasteiger partial charge in [-0.1, -0.05) is 29.3 Å². The number of aromatic nitrogens is 2. The molecule has 0 saturated carbocycles. The molecule has 2 N–H and O–H groups in total. The average molecular weight is 468 g/mol. The van der Waals surface area contributed by atoms with Gasteiger partial charge in [-0.05, 0) is 12.1 Å². The summed E-state index contributed by atoms with van der Waals surface area (Å²) in [4.78, 5) is 35.6. The summed E-state index contributed by atoms with van der Waals surface area (Å²) >= 11 is 12.2. The Morgan fingerprint density at radius 1 is 1.31 bits per heavy atom. The van der Waals surface area contributed by atoms with Crippen molar-refractivity contribution < 1.29 is 27.6 Å². The number of rotatable bonds is 4. The topological polar surface area (TPSA) is 112 Å². The zero-order chi connectivity index (χ0) is 20.8. The molecule has 0 radical (unpaired) electrons. The zero-order valence-electron chi connectivity index (χ0n) is 14.6. The van der Waals surface area contributed by atoms with Crippen LogP contribution in [-0.4, -0.2) is 33.3 Å². The first-order valence-corrected chi connectivity index (χ1v) is 10.7. The van der Waals surface area contributed by atoms with Gasteiger partial charge >= 0.3 is 13.9 Å². The molecule has 3 heterocycles. The predicted octanol–water partition coefficient (Wildman–Crippen LogP) is 2.57. The maximum Gasteiger partial charge on any atom is 0.573 e. The van der Waals surface area contributed by atoms with Crippen molar-refractivity contribution in [2.45, 2.75) is 31.5 Å². The van der Waals surface area contributed by atoms with E-state index in [2.05, 4.69) is 0 Å². The summed E-state index contributed by atoms with van der Waals surface area (Å²) in [5, 5.41) is 0.727. The van der Waals surface area contributed by atoms with E-state index in [1.165, 1.54) is 0 Å². The summed E-state index contributed by atoms with van der Waals surface area (Å²) in [7, 11) is -3.70. The van der Waals surface area contributed by atoms with Crippen LogP contribution in [0.25, 0.3) is 0 Å². The fraction of sp³-hybridized carbons (Fsp3) is 0.375. The monoisotopic (exact) mass is 467 g/mol. The van der Waals surface area contributed by atoms with Crippen LogP contribution in [0.2, 0.25) is 10.0 Å². The second-order valence-corrected chi connectivity index (χ2v) is 8.87. The lowest BCUT2D eigenvalue weighted by Gasteiger charge is -2.26. The Hall–Kier alpha value is -1.36. The summed E-state index contributed by atoms with van der Waals surface area (Å²) in [6.07, 6.45) is -1.32. The van der Waals surface area contributed by atoms with Crippen molar-refractivity contribution in [1.82, 2.24) is 9.55 Å². The van der Waals surface area contributed by atoms with Gasteiger partial charge in [-0.3, -0.25) is 14.3 Å². The third kappa shape index (κ3) is 4.26. The first kappa shape index (κ1) is 20.9. The number of H-pyrrole nitrogens is 1. The molecule has 4 atom stereocenters. The predicted molar refractivity (Wildman–Crippen MR) is 101 cm³/mol. The first-order chi connectivity index (χ1) is 13.8. The summed E-state index contributed by atoms with van der Waals surface area (Å²) in [5.41, 5.74) is -1.47. The number of benzene rings is 1. The number of halogens is 3. The zero-order valence-corrected chi connectivity index (χ0v) is 17.0. The lowest BCUT2D eigenvalue weighted by molar-refractivity contribution is -0.0828. The van der Waals surface area contributed by atoms with Crippen LogP contribution in [0.15, 0.2) is 34.0 Å². The van der Waals surface area contributed by atoms with Crippen LogP contribution in [0.4, 0.5) is 4.39 Å². The molecule has 0 bridgehead atoms. The van der Waals surface area contributed by atoms with Crippen molar-refractivity contribution in [3.63, 3.8) is 0 Å². The largest absolute Gasteiger partial charge is 0.573 e. The number of aromatic amines is 1. The highest BCUT2D eigenvalue weighted by molar-refractivity contribution is 7.55. The number of nitrogens with zero attached hydrogens (tertiary/aromatic N) is 1. The van der Waals surface area contributed by atoms with E-state index < -0.39 is 43.7 Å². The van der Waals surface area contributed by atoms with Gasteiger partial charge in [0.25, 0.3) is 5.56 Å². The Labute approximate surface area is 173 Å². The Balaban J connectivity index is 1.45. The van der Waals surface area contributed by atoms with Crippen LogP contribution in [0.3, 0.4) is 0 Å². The van der Waals surface area contributed by atoms with Crippen molar-refractivity contribution in [3.05, 3.63) is 66.7 Å². The van der Waals surface area contributed by atoms with Crippen LogP contribution in [-0.2, 0) is 24.9 Å². The molecule has 1 unspecified atom stereocenters. The maximum absolute atomic E-state index is 13.5. The van der Waals surface area contributed by atoms with E-state index in [9.17, 15) is 18.9 Å². The van der Waals surface area contributed by atoms with E-state index in [4.69, 9.17) is 41.5 Å². The van der Waals surface area contributed by atoms with E-state index >= 15 is 0 Å². The lowest BCUT2D eigenvalue weighted by Crippen LogP contribution is -2.35.